The lowest BCUT2D eigenvalue weighted by molar-refractivity contribution is -0.145. The second kappa shape index (κ2) is 10.4. The Morgan fingerprint density at radius 3 is 2.69 bits per heavy atom. The molecule has 6 nitrogen and oxygen atoms in total. The molecule has 1 atom stereocenters. The van der Waals surface area contributed by atoms with E-state index in [4.69, 9.17) is 9.15 Å². The van der Waals surface area contributed by atoms with Crippen LogP contribution in [-0.2, 0) is 20.7 Å². The lowest BCUT2D eigenvalue weighted by atomic mass is 10.1. The van der Waals surface area contributed by atoms with Crippen LogP contribution in [-0.4, -0.2) is 30.0 Å². The quantitative estimate of drug-likeness (QED) is 0.519. The minimum absolute atomic E-state index is 0.204. The number of hydrogen-bond acceptors (Lipinski definition) is 5. The van der Waals surface area contributed by atoms with Crippen LogP contribution in [0.25, 0.3) is 11.3 Å². The highest BCUT2D eigenvalue weighted by Crippen LogP contribution is 2.20. The van der Waals surface area contributed by atoms with Gasteiger partial charge in [0, 0.05) is 18.4 Å². The van der Waals surface area contributed by atoms with Crippen LogP contribution in [0.2, 0.25) is 0 Å². The van der Waals surface area contributed by atoms with E-state index in [1.807, 2.05) is 30.3 Å². The average Bonchev–Trinajstić information content (AvgIpc) is 3.15. The van der Waals surface area contributed by atoms with Gasteiger partial charge in [-0.05, 0) is 6.42 Å². The van der Waals surface area contributed by atoms with Gasteiger partial charge in [0.25, 0.3) is 0 Å². The van der Waals surface area contributed by atoms with Crippen molar-refractivity contribution in [1.82, 2.24) is 10.3 Å². The molecule has 0 fully saturated rings. The lowest BCUT2D eigenvalue weighted by Crippen LogP contribution is -2.41. The predicted molar refractivity (Wildman–Crippen MR) is 98.3 cm³/mol. The largest absolute Gasteiger partial charge is 0.467 e. The van der Waals surface area contributed by atoms with Crippen molar-refractivity contribution in [2.75, 3.05) is 7.11 Å². The summed E-state index contributed by atoms with van der Waals surface area (Å²) < 4.78 is 10.5. The minimum Gasteiger partial charge on any atom is -0.467 e. The van der Waals surface area contributed by atoms with Crippen LogP contribution in [0.4, 0.5) is 0 Å². The molecule has 1 unspecified atom stereocenters. The van der Waals surface area contributed by atoms with Crippen molar-refractivity contribution in [2.45, 2.75) is 51.5 Å². The summed E-state index contributed by atoms with van der Waals surface area (Å²) in [5.41, 5.74) is 0.942. The molecule has 0 radical (unpaired) electrons. The molecule has 0 saturated heterocycles. The van der Waals surface area contributed by atoms with Crippen LogP contribution in [0.1, 0.15) is 44.9 Å². The number of ether oxygens (including phenoxy) is 1. The standard InChI is InChI=1S/C20H26N2O4/c1-3-4-6-11-16(20(24)25-2)22-18(23)12-13-19-21-14-17(26-19)15-9-7-5-8-10-15/h5,7-10,14,16H,3-4,6,11-13H2,1-2H3,(H,22,23). The van der Waals surface area contributed by atoms with E-state index in [0.29, 0.717) is 24.5 Å². The van der Waals surface area contributed by atoms with E-state index < -0.39 is 12.0 Å². The normalized spacial score (nSPS) is 11.8. The van der Waals surface area contributed by atoms with Gasteiger partial charge in [-0.25, -0.2) is 9.78 Å². The Morgan fingerprint density at radius 2 is 2.00 bits per heavy atom. The molecule has 0 aliphatic carbocycles. The summed E-state index contributed by atoms with van der Waals surface area (Å²) in [6.07, 6.45) is 5.76. The second-order valence-electron chi connectivity index (χ2n) is 6.12. The molecule has 6 heteroatoms. The maximum Gasteiger partial charge on any atom is 0.328 e. The summed E-state index contributed by atoms with van der Waals surface area (Å²) >= 11 is 0. The van der Waals surface area contributed by atoms with E-state index in [9.17, 15) is 9.59 Å². The number of hydrogen-bond donors (Lipinski definition) is 1. The van der Waals surface area contributed by atoms with Gasteiger partial charge in [0.05, 0.1) is 13.3 Å². The van der Waals surface area contributed by atoms with Gasteiger partial charge in [0.1, 0.15) is 6.04 Å². The van der Waals surface area contributed by atoms with Crippen molar-refractivity contribution in [3.8, 4) is 11.3 Å². The van der Waals surface area contributed by atoms with E-state index >= 15 is 0 Å². The number of nitrogens with zero attached hydrogens (tertiary/aromatic N) is 1. The third kappa shape index (κ3) is 6.02. The first-order chi connectivity index (χ1) is 12.6. The van der Waals surface area contributed by atoms with E-state index in [1.54, 1.807) is 6.20 Å². The van der Waals surface area contributed by atoms with Gasteiger partial charge in [0.2, 0.25) is 5.91 Å². The Labute approximate surface area is 154 Å². The monoisotopic (exact) mass is 358 g/mol. The number of esters is 1. The number of carbonyl (C=O) groups is 2. The molecule has 2 aromatic rings. The van der Waals surface area contributed by atoms with Crippen molar-refractivity contribution in [3.63, 3.8) is 0 Å². The molecule has 0 aliphatic rings. The zero-order valence-corrected chi connectivity index (χ0v) is 15.4. The molecule has 140 valence electrons. The highest BCUT2D eigenvalue weighted by atomic mass is 16.5. The SMILES string of the molecule is CCCCCC(NC(=O)CCc1ncc(-c2ccccc2)o1)C(=O)OC. The summed E-state index contributed by atoms with van der Waals surface area (Å²) in [6.45, 7) is 2.09. The summed E-state index contributed by atoms with van der Waals surface area (Å²) in [7, 11) is 1.33. The molecule has 0 saturated carbocycles. The second-order valence-corrected chi connectivity index (χ2v) is 6.12. The van der Waals surface area contributed by atoms with Gasteiger partial charge in [-0.2, -0.15) is 0 Å². The smallest absolute Gasteiger partial charge is 0.328 e. The van der Waals surface area contributed by atoms with Gasteiger partial charge < -0.3 is 14.5 Å². The number of aromatic nitrogens is 1. The number of nitrogens with one attached hydrogen (secondary N) is 1. The number of oxazole rings is 1. The molecule has 0 aliphatic heterocycles. The van der Waals surface area contributed by atoms with Gasteiger partial charge in [-0.1, -0.05) is 56.5 Å². The number of benzene rings is 1. The molecule has 2 rings (SSSR count). The van der Waals surface area contributed by atoms with Gasteiger partial charge in [-0.3, -0.25) is 4.79 Å². The highest BCUT2D eigenvalue weighted by molar-refractivity contribution is 5.84. The molecule has 0 bridgehead atoms. The molecular formula is C20H26N2O4. The maximum absolute atomic E-state index is 12.2. The molecule has 1 N–H and O–H groups in total. The molecule has 1 aromatic heterocycles. The average molecular weight is 358 g/mol. The Morgan fingerprint density at radius 1 is 1.23 bits per heavy atom. The van der Waals surface area contributed by atoms with Crippen LogP contribution < -0.4 is 5.32 Å². The fourth-order valence-electron chi connectivity index (χ4n) is 2.64. The van der Waals surface area contributed by atoms with Crippen LogP contribution >= 0.6 is 0 Å². The summed E-state index contributed by atoms with van der Waals surface area (Å²) in [4.78, 5) is 28.2. The van der Waals surface area contributed by atoms with Crippen molar-refractivity contribution < 1.29 is 18.7 Å². The minimum atomic E-state index is -0.594. The Bertz CT molecular complexity index is 697. The number of rotatable bonds is 10. The van der Waals surface area contributed by atoms with Crippen molar-refractivity contribution in [1.29, 1.82) is 0 Å². The molecule has 1 amide bonds. The van der Waals surface area contributed by atoms with Crippen molar-refractivity contribution in [2.24, 2.45) is 0 Å². The molecular weight excluding hydrogens is 332 g/mol. The highest BCUT2D eigenvalue weighted by Gasteiger charge is 2.21. The zero-order chi connectivity index (χ0) is 18.8. The summed E-state index contributed by atoms with van der Waals surface area (Å²) in [5, 5.41) is 2.75. The Kier molecular flexibility index (Phi) is 7.86. The number of methoxy groups -OCH3 is 1. The first-order valence-electron chi connectivity index (χ1n) is 9.01. The van der Waals surface area contributed by atoms with Crippen LogP contribution in [0.15, 0.2) is 40.9 Å². The number of carbonyl (C=O) groups excluding carboxylic acids is 2. The number of unbranched alkanes of at least 4 members (excludes halogenated alkanes) is 2. The topological polar surface area (TPSA) is 81.4 Å². The fourth-order valence-corrected chi connectivity index (χ4v) is 2.64. The van der Waals surface area contributed by atoms with E-state index in [-0.39, 0.29) is 12.3 Å². The van der Waals surface area contributed by atoms with E-state index in [2.05, 4.69) is 17.2 Å². The Balaban J connectivity index is 1.85. The van der Waals surface area contributed by atoms with Crippen molar-refractivity contribution >= 4 is 11.9 Å². The fraction of sp³-hybridized carbons (Fsp3) is 0.450. The molecule has 1 heterocycles. The summed E-state index contributed by atoms with van der Waals surface area (Å²) in [6, 6.07) is 9.07. The van der Waals surface area contributed by atoms with Crippen LogP contribution in [0, 0.1) is 0 Å². The Hall–Kier alpha value is -2.63. The van der Waals surface area contributed by atoms with E-state index in [1.165, 1.54) is 7.11 Å². The van der Waals surface area contributed by atoms with Gasteiger partial charge in [0.15, 0.2) is 11.7 Å². The third-order valence-electron chi connectivity index (χ3n) is 4.10. The summed E-state index contributed by atoms with van der Waals surface area (Å²) in [5.74, 6) is 0.556. The van der Waals surface area contributed by atoms with Crippen LogP contribution in [0.5, 0.6) is 0 Å². The predicted octanol–water partition coefficient (Wildman–Crippen LogP) is 3.51. The third-order valence-corrected chi connectivity index (χ3v) is 4.10. The van der Waals surface area contributed by atoms with Crippen LogP contribution in [0.3, 0.4) is 0 Å². The molecule has 26 heavy (non-hydrogen) atoms. The van der Waals surface area contributed by atoms with Crippen molar-refractivity contribution in [3.05, 3.63) is 42.4 Å². The van der Waals surface area contributed by atoms with Gasteiger partial charge >= 0.3 is 5.97 Å². The van der Waals surface area contributed by atoms with Gasteiger partial charge in [-0.15, -0.1) is 0 Å². The number of aryl methyl sites for hydroxylation is 1. The first kappa shape index (κ1) is 19.7. The maximum atomic E-state index is 12.2. The lowest BCUT2D eigenvalue weighted by Gasteiger charge is -2.16. The molecule has 0 spiro atoms. The molecule has 1 aromatic carbocycles. The first-order valence-corrected chi connectivity index (χ1v) is 9.01. The zero-order valence-electron chi connectivity index (χ0n) is 15.4. The van der Waals surface area contributed by atoms with E-state index in [0.717, 1.165) is 24.8 Å². The number of amides is 1.